The quantitative estimate of drug-likeness (QED) is 0.630. The second-order valence-corrected chi connectivity index (χ2v) is 8.85. The highest BCUT2D eigenvalue weighted by Crippen LogP contribution is 2.32. The molecule has 1 aromatic carbocycles. The van der Waals surface area contributed by atoms with Gasteiger partial charge in [0.05, 0.1) is 30.0 Å². The summed E-state index contributed by atoms with van der Waals surface area (Å²) in [6.07, 6.45) is 2.71. The van der Waals surface area contributed by atoms with E-state index in [0.717, 1.165) is 66.3 Å². The fraction of sp³-hybridized carbons (Fsp3) is 0.480. The van der Waals surface area contributed by atoms with Crippen molar-refractivity contribution in [2.24, 2.45) is 0 Å². The molecule has 33 heavy (non-hydrogen) atoms. The van der Waals surface area contributed by atoms with Gasteiger partial charge in [0.25, 0.3) is 5.91 Å². The van der Waals surface area contributed by atoms with Crippen LogP contribution in [-0.2, 0) is 0 Å². The Hall–Kier alpha value is -3.29. The van der Waals surface area contributed by atoms with E-state index in [4.69, 9.17) is 14.8 Å². The van der Waals surface area contributed by atoms with E-state index < -0.39 is 0 Å². The minimum atomic E-state index is -0.179. The molecule has 0 saturated carbocycles. The van der Waals surface area contributed by atoms with Gasteiger partial charge in [-0.2, -0.15) is 14.6 Å². The molecule has 1 amide bonds. The van der Waals surface area contributed by atoms with Gasteiger partial charge in [-0.15, -0.1) is 0 Å². The first kappa shape index (κ1) is 22.9. The minimum Gasteiger partial charge on any atom is -0.481 e. The molecule has 2 aromatic heterocycles. The van der Waals surface area contributed by atoms with Crippen LogP contribution in [0.2, 0.25) is 0 Å². The Morgan fingerprint density at radius 3 is 2.70 bits per heavy atom. The second-order valence-electron chi connectivity index (χ2n) is 8.85. The monoisotopic (exact) mass is 450 g/mol. The molecule has 0 radical (unpaired) electrons. The van der Waals surface area contributed by atoms with Crippen LogP contribution in [0, 0.1) is 13.8 Å². The predicted molar refractivity (Wildman–Crippen MR) is 132 cm³/mol. The first-order chi connectivity index (χ1) is 15.8. The molecule has 8 nitrogen and oxygen atoms in total. The molecule has 1 atom stereocenters. The number of benzene rings is 1. The van der Waals surface area contributed by atoms with E-state index in [-0.39, 0.29) is 11.9 Å². The van der Waals surface area contributed by atoms with E-state index in [0.29, 0.717) is 11.4 Å². The van der Waals surface area contributed by atoms with Crippen molar-refractivity contribution in [3.05, 3.63) is 46.6 Å². The van der Waals surface area contributed by atoms with Gasteiger partial charge in [0, 0.05) is 38.9 Å². The van der Waals surface area contributed by atoms with Gasteiger partial charge in [-0.1, -0.05) is 18.6 Å². The maximum absolute atomic E-state index is 13.6. The summed E-state index contributed by atoms with van der Waals surface area (Å²) < 4.78 is 7.47. The van der Waals surface area contributed by atoms with Gasteiger partial charge < -0.3 is 19.9 Å². The molecule has 3 aromatic rings. The SMILES string of the molecule is CCC1c2cc3nc(OC)c(C)c(n3n2)N(C)CCCCNc2ccc(C)cc2C(=O)N1C. The van der Waals surface area contributed by atoms with Gasteiger partial charge in [-0.3, -0.25) is 4.79 Å². The fourth-order valence-electron chi connectivity index (χ4n) is 4.68. The van der Waals surface area contributed by atoms with Crippen molar-refractivity contribution in [3.63, 3.8) is 0 Å². The number of rotatable bonds is 2. The van der Waals surface area contributed by atoms with Crippen LogP contribution in [0.3, 0.4) is 0 Å². The molecule has 8 heteroatoms. The van der Waals surface area contributed by atoms with Crippen molar-refractivity contribution in [2.45, 2.75) is 46.1 Å². The number of carbonyl (C=O) groups excluding carboxylic acids is 1. The summed E-state index contributed by atoms with van der Waals surface area (Å²) >= 11 is 0. The molecule has 1 aliphatic rings. The minimum absolute atomic E-state index is 0.0148. The molecule has 1 aliphatic heterocycles. The van der Waals surface area contributed by atoms with Crippen LogP contribution >= 0.6 is 0 Å². The Bertz CT molecular complexity index is 1170. The number of aryl methyl sites for hydroxylation is 1. The maximum Gasteiger partial charge on any atom is 0.256 e. The highest BCUT2D eigenvalue weighted by atomic mass is 16.5. The Kier molecular flexibility index (Phi) is 6.44. The molecule has 3 heterocycles. The van der Waals surface area contributed by atoms with Crippen LogP contribution in [0.25, 0.3) is 5.65 Å². The summed E-state index contributed by atoms with van der Waals surface area (Å²) in [7, 11) is 5.58. The van der Waals surface area contributed by atoms with E-state index in [9.17, 15) is 4.79 Å². The number of amides is 1. The van der Waals surface area contributed by atoms with Crippen LogP contribution in [0.5, 0.6) is 5.88 Å². The summed E-state index contributed by atoms with van der Waals surface area (Å²) in [5.41, 5.74) is 5.13. The third kappa shape index (κ3) is 4.21. The lowest BCUT2D eigenvalue weighted by atomic mass is 10.0. The highest BCUT2D eigenvalue weighted by Gasteiger charge is 2.27. The number of fused-ring (bicyclic) bond motifs is 2. The van der Waals surface area contributed by atoms with Crippen molar-refractivity contribution in [1.29, 1.82) is 0 Å². The zero-order chi connectivity index (χ0) is 23.7. The number of hydrogen-bond donors (Lipinski definition) is 1. The highest BCUT2D eigenvalue weighted by molar-refractivity contribution is 6.00. The molecule has 2 bridgehead atoms. The van der Waals surface area contributed by atoms with Crippen molar-refractivity contribution >= 4 is 23.1 Å². The molecular formula is C25H34N6O2. The molecule has 1 N–H and O–H groups in total. The molecule has 1 unspecified atom stereocenters. The summed E-state index contributed by atoms with van der Waals surface area (Å²) in [6, 6.07) is 7.82. The number of carbonyl (C=O) groups is 1. The number of nitrogens with zero attached hydrogens (tertiary/aromatic N) is 5. The predicted octanol–water partition coefficient (Wildman–Crippen LogP) is 4.22. The van der Waals surface area contributed by atoms with Crippen LogP contribution < -0.4 is 15.0 Å². The largest absolute Gasteiger partial charge is 0.481 e. The van der Waals surface area contributed by atoms with Crippen molar-refractivity contribution < 1.29 is 9.53 Å². The van der Waals surface area contributed by atoms with E-state index in [1.807, 2.05) is 49.7 Å². The van der Waals surface area contributed by atoms with Gasteiger partial charge in [0.2, 0.25) is 5.88 Å². The van der Waals surface area contributed by atoms with Crippen LogP contribution in [-0.4, -0.2) is 59.7 Å². The van der Waals surface area contributed by atoms with Crippen molar-refractivity contribution in [1.82, 2.24) is 19.5 Å². The standard InChI is InChI=1S/C25H34N6O2/c1-7-21-20-15-22-27-23(33-6)17(3)24(31(22)28-20)29(4)13-9-8-12-26-19-11-10-16(2)14-18(19)25(32)30(21)5/h10-11,14-15,21,26H,7-9,12-13H2,1-6H3. The number of hydrogen-bond acceptors (Lipinski definition) is 6. The smallest absolute Gasteiger partial charge is 0.256 e. The van der Waals surface area contributed by atoms with Crippen LogP contribution in [0.1, 0.15) is 59.4 Å². The van der Waals surface area contributed by atoms with Crippen LogP contribution in [0.4, 0.5) is 11.5 Å². The molecule has 0 fully saturated rings. The lowest BCUT2D eigenvalue weighted by molar-refractivity contribution is 0.0723. The van der Waals surface area contributed by atoms with Gasteiger partial charge >= 0.3 is 0 Å². The first-order valence-electron chi connectivity index (χ1n) is 11.6. The Balaban J connectivity index is 1.87. The molecule has 176 valence electrons. The fourth-order valence-corrected chi connectivity index (χ4v) is 4.68. The van der Waals surface area contributed by atoms with Gasteiger partial charge in [-0.05, 0) is 45.2 Å². The second kappa shape index (κ2) is 9.29. The average Bonchev–Trinajstić information content (AvgIpc) is 3.21. The van der Waals surface area contributed by atoms with Crippen molar-refractivity contribution in [3.8, 4) is 5.88 Å². The third-order valence-electron chi connectivity index (χ3n) is 6.49. The number of aromatic nitrogens is 3. The van der Waals surface area contributed by atoms with Gasteiger partial charge in [0.15, 0.2) is 5.65 Å². The number of nitrogens with one attached hydrogen (secondary N) is 1. The lowest BCUT2D eigenvalue weighted by Gasteiger charge is -2.27. The Labute approximate surface area is 195 Å². The van der Waals surface area contributed by atoms with Gasteiger partial charge in [0.1, 0.15) is 5.82 Å². The number of anilines is 2. The molecule has 0 spiro atoms. The molecular weight excluding hydrogens is 416 g/mol. The van der Waals surface area contributed by atoms with Crippen molar-refractivity contribution in [2.75, 3.05) is 44.5 Å². The number of ether oxygens (including phenoxy) is 1. The average molecular weight is 451 g/mol. The first-order valence-corrected chi connectivity index (χ1v) is 11.6. The zero-order valence-corrected chi connectivity index (χ0v) is 20.5. The summed E-state index contributed by atoms with van der Waals surface area (Å²) in [5, 5.41) is 8.44. The van der Waals surface area contributed by atoms with E-state index >= 15 is 0 Å². The Morgan fingerprint density at radius 1 is 1.18 bits per heavy atom. The molecule has 0 saturated heterocycles. The molecule has 0 aliphatic carbocycles. The third-order valence-corrected chi connectivity index (χ3v) is 6.49. The number of methoxy groups -OCH3 is 1. The maximum atomic E-state index is 13.6. The van der Waals surface area contributed by atoms with E-state index in [1.165, 1.54) is 0 Å². The van der Waals surface area contributed by atoms with E-state index in [2.05, 4.69) is 24.2 Å². The molecule has 4 rings (SSSR count). The summed E-state index contributed by atoms with van der Waals surface area (Å²) in [5.74, 6) is 1.55. The topological polar surface area (TPSA) is 75.0 Å². The normalized spacial score (nSPS) is 17.5. The summed E-state index contributed by atoms with van der Waals surface area (Å²) in [4.78, 5) is 22.3. The van der Waals surface area contributed by atoms with Crippen LogP contribution in [0.15, 0.2) is 24.3 Å². The summed E-state index contributed by atoms with van der Waals surface area (Å²) in [6.45, 7) is 7.78. The zero-order valence-electron chi connectivity index (χ0n) is 20.5. The lowest BCUT2D eigenvalue weighted by Crippen LogP contribution is -2.32. The van der Waals surface area contributed by atoms with E-state index in [1.54, 1.807) is 12.0 Å². The van der Waals surface area contributed by atoms with Gasteiger partial charge in [-0.25, -0.2) is 0 Å². The Morgan fingerprint density at radius 2 is 1.97 bits per heavy atom.